The fourth-order valence-corrected chi connectivity index (χ4v) is 2.67. The first-order chi connectivity index (χ1) is 10.7. The first-order valence-corrected chi connectivity index (χ1v) is 7.76. The predicted molar refractivity (Wildman–Crippen MR) is 91.3 cm³/mol. The van der Waals surface area contributed by atoms with Crippen molar-refractivity contribution in [3.8, 4) is 12.1 Å². The van der Waals surface area contributed by atoms with Gasteiger partial charge in [-0.15, -0.1) is 0 Å². The number of benzene rings is 2. The van der Waals surface area contributed by atoms with E-state index in [1.165, 1.54) is 0 Å². The Morgan fingerprint density at radius 2 is 1.59 bits per heavy atom. The molecule has 0 saturated heterocycles. The maximum Gasteiger partial charge on any atom is 0.141 e. The lowest BCUT2D eigenvalue weighted by molar-refractivity contribution is 0.604. The van der Waals surface area contributed by atoms with Gasteiger partial charge in [0.1, 0.15) is 5.92 Å². The van der Waals surface area contributed by atoms with Crippen molar-refractivity contribution in [2.24, 2.45) is 5.92 Å². The Kier molecular flexibility index (Phi) is 5.58. The summed E-state index contributed by atoms with van der Waals surface area (Å²) < 4.78 is 0.983. The molecule has 0 heterocycles. The summed E-state index contributed by atoms with van der Waals surface area (Å²) in [6, 6.07) is 22.0. The standard InChI is InChI=1S/C18H16BrN3/c1-22(17-5-3-2-4-6-17)13-18(15(11-20)12-21)14-7-9-16(19)10-8-14/h2-10,15,18H,13H2,1H3. The minimum absolute atomic E-state index is 0.159. The highest BCUT2D eigenvalue weighted by atomic mass is 79.9. The lowest BCUT2D eigenvalue weighted by Gasteiger charge is -2.26. The molecule has 0 amide bonds. The van der Waals surface area contributed by atoms with E-state index in [2.05, 4.69) is 33.0 Å². The van der Waals surface area contributed by atoms with Crippen molar-refractivity contribution in [2.75, 3.05) is 18.5 Å². The molecule has 0 saturated carbocycles. The number of hydrogen-bond acceptors (Lipinski definition) is 3. The Hall–Kier alpha value is -2.30. The number of para-hydroxylation sites is 1. The molecule has 2 aromatic rings. The third-order valence-corrected chi connectivity index (χ3v) is 4.17. The lowest BCUT2D eigenvalue weighted by atomic mass is 9.87. The number of nitrogens with zero attached hydrogens (tertiary/aromatic N) is 3. The highest BCUT2D eigenvalue weighted by Crippen LogP contribution is 2.28. The molecule has 0 aliphatic heterocycles. The van der Waals surface area contributed by atoms with Crippen LogP contribution in [0, 0.1) is 28.6 Å². The number of halogens is 1. The second-order valence-electron chi connectivity index (χ2n) is 5.11. The highest BCUT2D eigenvalue weighted by Gasteiger charge is 2.24. The zero-order chi connectivity index (χ0) is 15.9. The molecule has 110 valence electrons. The summed E-state index contributed by atoms with van der Waals surface area (Å²) in [5, 5.41) is 18.6. The van der Waals surface area contributed by atoms with Crippen LogP contribution in [-0.4, -0.2) is 13.6 Å². The van der Waals surface area contributed by atoms with Crippen LogP contribution in [0.25, 0.3) is 0 Å². The Bertz CT molecular complexity index is 669. The van der Waals surface area contributed by atoms with Gasteiger partial charge >= 0.3 is 0 Å². The molecule has 3 nitrogen and oxygen atoms in total. The van der Waals surface area contributed by atoms with E-state index < -0.39 is 5.92 Å². The molecular weight excluding hydrogens is 338 g/mol. The SMILES string of the molecule is CN(CC(c1ccc(Br)cc1)C(C#N)C#N)c1ccccc1. The van der Waals surface area contributed by atoms with Crippen molar-refractivity contribution in [2.45, 2.75) is 5.92 Å². The topological polar surface area (TPSA) is 50.8 Å². The Morgan fingerprint density at radius 3 is 2.14 bits per heavy atom. The summed E-state index contributed by atoms with van der Waals surface area (Å²) in [5.41, 5.74) is 2.07. The first kappa shape index (κ1) is 16.1. The van der Waals surface area contributed by atoms with Crippen molar-refractivity contribution < 1.29 is 0 Å². The average Bonchev–Trinajstić information content (AvgIpc) is 2.56. The minimum Gasteiger partial charge on any atom is -0.374 e. The van der Waals surface area contributed by atoms with Crippen molar-refractivity contribution >= 4 is 21.6 Å². The molecule has 1 atom stereocenters. The van der Waals surface area contributed by atoms with E-state index in [1.807, 2.05) is 61.6 Å². The van der Waals surface area contributed by atoms with E-state index in [4.69, 9.17) is 0 Å². The van der Waals surface area contributed by atoms with Gasteiger partial charge in [-0.05, 0) is 29.8 Å². The van der Waals surface area contributed by atoms with Crippen LogP contribution in [0.1, 0.15) is 11.5 Å². The van der Waals surface area contributed by atoms with E-state index in [0.717, 1.165) is 15.7 Å². The largest absolute Gasteiger partial charge is 0.374 e. The van der Waals surface area contributed by atoms with Gasteiger partial charge in [0.2, 0.25) is 0 Å². The van der Waals surface area contributed by atoms with E-state index in [0.29, 0.717) is 6.54 Å². The fourth-order valence-electron chi connectivity index (χ4n) is 2.40. The number of nitriles is 2. The van der Waals surface area contributed by atoms with Gasteiger partial charge in [-0.3, -0.25) is 0 Å². The highest BCUT2D eigenvalue weighted by molar-refractivity contribution is 9.10. The van der Waals surface area contributed by atoms with Gasteiger partial charge in [0.15, 0.2) is 0 Å². The maximum absolute atomic E-state index is 9.30. The van der Waals surface area contributed by atoms with Crippen LogP contribution < -0.4 is 4.90 Å². The molecule has 0 aliphatic carbocycles. The summed E-state index contributed by atoms with van der Waals surface area (Å²) >= 11 is 3.41. The van der Waals surface area contributed by atoms with Crippen LogP contribution >= 0.6 is 15.9 Å². The molecule has 2 aromatic carbocycles. The molecule has 4 heteroatoms. The van der Waals surface area contributed by atoms with Crippen LogP contribution in [0.3, 0.4) is 0 Å². The van der Waals surface area contributed by atoms with Crippen LogP contribution in [0.4, 0.5) is 5.69 Å². The lowest BCUT2D eigenvalue weighted by Crippen LogP contribution is -2.27. The first-order valence-electron chi connectivity index (χ1n) is 6.96. The molecule has 2 rings (SSSR count). The Labute approximate surface area is 139 Å². The van der Waals surface area contributed by atoms with Crippen LogP contribution in [0.15, 0.2) is 59.1 Å². The Balaban J connectivity index is 2.28. The predicted octanol–water partition coefficient (Wildman–Crippen LogP) is 4.33. The van der Waals surface area contributed by atoms with Gasteiger partial charge in [-0.2, -0.15) is 10.5 Å². The third kappa shape index (κ3) is 3.87. The Morgan fingerprint density at radius 1 is 1.00 bits per heavy atom. The smallest absolute Gasteiger partial charge is 0.141 e. The summed E-state index contributed by atoms with van der Waals surface area (Å²) in [4.78, 5) is 2.08. The van der Waals surface area contributed by atoms with Gasteiger partial charge in [0.05, 0.1) is 12.1 Å². The summed E-state index contributed by atoms with van der Waals surface area (Å²) in [7, 11) is 1.98. The summed E-state index contributed by atoms with van der Waals surface area (Å²) in [6.45, 7) is 0.609. The fraction of sp³-hybridized carbons (Fsp3) is 0.222. The molecular formula is C18H16BrN3. The minimum atomic E-state index is -0.674. The molecule has 0 aromatic heterocycles. The number of likely N-dealkylation sites (N-methyl/N-ethyl adjacent to an activating group) is 1. The van der Waals surface area contributed by atoms with E-state index in [1.54, 1.807) is 0 Å². The van der Waals surface area contributed by atoms with Gasteiger partial charge in [0.25, 0.3) is 0 Å². The number of anilines is 1. The molecule has 0 radical (unpaired) electrons. The van der Waals surface area contributed by atoms with Crippen LogP contribution in [0.2, 0.25) is 0 Å². The number of hydrogen-bond donors (Lipinski definition) is 0. The molecule has 1 unspecified atom stereocenters. The summed E-state index contributed by atoms with van der Waals surface area (Å²) in [5.74, 6) is -0.833. The van der Waals surface area contributed by atoms with E-state index in [9.17, 15) is 10.5 Å². The number of rotatable bonds is 5. The zero-order valence-corrected chi connectivity index (χ0v) is 13.9. The normalized spacial score (nSPS) is 11.5. The third-order valence-electron chi connectivity index (χ3n) is 3.65. The van der Waals surface area contributed by atoms with Crippen molar-refractivity contribution in [3.63, 3.8) is 0 Å². The average molecular weight is 354 g/mol. The van der Waals surface area contributed by atoms with E-state index in [-0.39, 0.29) is 5.92 Å². The van der Waals surface area contributed by atoms with E-state index >= 15 is 0 Å². The monoisotopic (exact) mass is 353 g/mol. The quantitative estimate of drug-likeness (QED) is 0.803. The zero-order valence-electron chi connectivity index (χ0n) is 12.3. The van der Waals surface area contributed by atoms with Crippen molar-refractivity contribution in [1.82, 2.24) is 0 Å². The molecule has 0 spiro atoms. The van der Waals surface area contributed by atoms with Crippen molar-refractivity contribution in [1.29, 1.82) is 10.5 Å². The summed E-state index contributed by atoms with van der Waals surface area (Å²) in [6.07, 6.45) is 0. The van der Waals surface area contributed by atoms with Crippen LogP contribution in [-0.2, 0) is 0 Å². The molecule has 0 aliphatic rings. The second kappa shape index (κ2) is 7.64. The van der Waals surface area contributed by atoms with Crippen molar-refractivity contribution in [3.05, 3.63) is 64.6 Å². The maximum atomic E-state index is 9.30. The van der Waals surface area contributed by atoms with Gasteiger partial charge in [-0.25, -0.2) is 0 Å². The van der Waals surface area contributed by atoms with Crippen LogP contribution in [0.5, 0.6) is 0 Å². The van der Waals surface area contributed by atoms with Gasteiger partial charge in [0, 0.05) is 29.7 Å². The van der Waals surface area contributed by atoms with Gasteiger partial charge in [-0.1, -0.05) is 46.3 Å². The second-order valence-corrected chi connectivity index (χ2v) is 6.03. The molecule has 22 heavy (non-hydrogen) atoms. The van der Waals surface area contributed by atoms with Gasteiger partial charge < -0.3 is 4.90 Å². The molecule has 0 N–H and O–H groups in total. The molecule has 0 fully saturated rings. The molecule has 0 bridgehead atoms.